The number of nitrogens with one attached hydrogen (secondary N) is 1. The van der Waals surface area contributed by atoms with Gasteiger partial charge in [0.25, 0.3) is 0 Å². The van der Waals surface area contributed by atoms with E-state index in [0.29, 0.717) is 17.8 Å². The molecule has 0 radical (unpaired) electrons. The number of nitrogens with zero attached hydrogens (tertiary/aromatic N) is 1. The average Bonchev–Trinajstić information content (AvgIpc) is 3.77. The molecule has 10 aromatic rings. The molecule has 58 heavy (non-hydrogen) atoms. The van der Waals surface area contributed by atoms with Crippen molar-refractivity contribution in [3.63, 3.8) is 0 Å². The monoisotopic (exact) mass is 756 g/mol. The second-order valence-electron chi connectivity index (χ2n) is 17.0. The van der Waals surface area contributed by atoms with Crippen molar-refractivity contribution in [3.05, 3.63) is 162 Å². The van der Waals surface area contributed by atoms with Crippen LogP contribution in [0.25, 0.3) is 65.4 Å². The summed E-state index contributed by atoms with van der Waals surface area (Å²) >= 11 is 0. The molecular formula is C54H48N2O2. The molecule has 8 aromatic carbocycles. The molecule has 4 heteroatoms. The molecule has 0 aliphatic carbocycles. The van der Waals surface area contributed by atoms with Gasteiger partial charge in [-0.2, -0.15) is 0 Å². The second-order valence-corrected chi connectivity index (χ2v) is 17.0. The normalized spacial score (nSPS) is 12.2. The Morgan fingerprint density at radius 3 is 1.50 bits per heavy atom. The van der Waals surface area contributed by atoms with Crippen molar-refractivity contribution >= 4 is 93.9 Å². The lowest BCUT2D eigenvalue weighted by Crippen LogP contribution is -2.10. The zero-order valence-electron chi connectivity index (χ0n) is 34.3. The Bertz CT molecular complexity index is 3110. The molecule has 10 rings (SSSR count). The predicted octanol–water partition coefficient (Wildman–Crippen LogP) is 16.7. The Labute approximate surface area is 339 Å². The van der Waals surface area contributed by atoms with Crippen LogP contribution in [0.5, 0.6) is 0 Å². The highest BCUT2D eigenvalue weighted by atomic mass is 16.3. The van der Waals surface area contributed by atoms with Gasteiger partial charge in [0, 0.05) is 44.6 Å². The van der Waals surface area contributed by atoms with E-state index in [9.17, 15) is 0 Å². The highest BCUT2D eigenvalue weighted by Gasteiger charge is 2.21. The van der Waals surface area contributed by atoms with E-state index >= 15 is 0 Å². The van der Waals surface area contributed by atoms with Crippen LogP contribution < -0.4 is 10.2 Å². The number of hydrogen-bond acceptors (Lipinski definition) is 4. The number of fused-ring (bicyclic) bond motifs is 9. The van der Waals surface area contributed by atoms with Crippen LogP contribution in [-0.2, 0) is 0 Å². The van der Waals surface area contributed by atoms with Gasteiger partial charge >= 0.3 is 0 Å². The molecule has 0 fully saturated rings. The first-order valence-corrected chi connectivity index (χ1v) is 20.6. The van der Waals surface area contributed by atoms with Crippen LogP contribution in [0.2, 0.25) is 0 Å². The van der Waals surface area contributed by atoms with Crippen molar-refractivity contribution in [1.82, 2.24) is 0 Å². The quantitative estimate of drug-likeness (QED) is 0.168. The Hall–Kier alpha value is -6.52. The number of anilines is 5. The van der Waals surface area contributed by atoms with Gasteiger partial charge in [0.2, 0.25) is 0 Å². The zero-order valence-corrected chi connectivity index (χ0v) is 34.3. The molecule has 1 N–H and O–H groups in total. The minimum absolute atomic E-state index is 0.471. The maximum absolute atomic E-state index is 6.87. The van der Waals surface area contributed by atoms with Crippen molar-refractivity contribution in [2.24, 2.45) is 0 Å². The number of aryl methyl sites for hydroxylation is 1. The molecule has 0 bridgehead atoms. The lowest BCUT2D eigenvalue weighted by atomic mass is 10.00. The van der Waals surface area contributed by atoms with Crippen molar-refractivity contribution in [2.45, 2.75) is 66.2 Å². The highest BCUT2D eigenvalue weighted by Crippen LogP contribution is 2.44. The highest BCUT2D eigenvalue weighted by molar-refractivity contribution is 6.25. The summed E-state index contributed by atoms with van der Waals surface area (Å²) in [5.74, 6) is 1.45. The molecule has 286 valence electrons. The van der Waals surface area contributed by atoms with E-state index in [4.69, 9.17) is 8.83 Å². The van der Waals surface area contributed by atoms with E-state index in [1.807, 2.05) is 0 Å². The SMILES string of the molecule is Cc1cc2c3cc4ccc(N(c5ccc(C(C)C)cc5)c5ccc(C(C)C)cc5)cc4cc3oc2c2c1oc1cc3cc(Nc4ccc(C(C)C)cc4)ccc3cc12. The first kappa shape index (κ1) is 35.9. The van der Waals surface area contributed by atoms with Gasteiger partial charge < -0.3 is 19.1 Å². The van der Waals surface area contributed by atoms with E-state index < -0.39 is 0 Å². The molecule has 0 atom stereocenters. The van der Waals surface area contributed by atoms with Crippen LogP contribution in [0, 0.1) is 6.92 Å². The van der Waals surface area contributed by atoms with E-state index in [2.05, 4.69) is 198 Å². The van der Waals surface area contributed by atoms with Crippen LogP contribution in [0.4, 0.5) is 28.4 Å². The lowest BCUT2D eigenvalue weighted by molar-refractivity contribution is 0.661. The van der Waals surface area contributed by atoms with Gasteiger partial charge in [0.1, 0.15) is 22.3 Å². The molecular weight excluding hydrogens is 709 g/mol. The summed E-state index contributed by atoms with van der Waals surface area (Å²) in [7, 11) is 0. The minimum atomic E-state index is 0.471. The van der Waals surface area contributed by atoms with Gasteiger partial charge in [-0.1, -0.05) is 90.1 Å². The topological polar surface area (TPSA) is 41.6 Å². The summed E-state index contributed by atoms with van der Waals surface area (Å²) in [6, 6.07) is 51.1. The van der Waals surface area contributed by atoms with Gasteiger partial charge in [0.15, 0.2) is 0 Å². The first-order chi connectivity index (χ1) is 28.1. The fraction of sp³-hybridized carbons (Fsp3) is 0.185. The van der Waals surface area contributed by atoms with E-state index in [1.54, 1.807) is 0 Å². The molecule has 0 saturated carbocycles. The third-order valence-corrected chi connectivity index (χ3v) is 12.0. The average molecular weight is 757 g/mol. The van der Waals surface area contributed by atoms with Crippen molar-refractivity contribution in [3.8, 4) is 0 Å². The molecule has 0 aliphatic rings. The molecule has 0 saturated heterocycles. The number of furan rings is 2. The van der Waals surface area contributed by atoms with Crippen LogP contribution in [-0.4, -0.2) is 0 Å². The van der Waals surface area contributed by atoms with Gasteiger partial charge in [-0.3, -0.25) is 0 Å². The summed E-state index contributed by atoms with van der Waals surface area (Å²) in [6.45, 7) is 15.5. The van der Waals surface area contributed by atoms with Crippen molar-refractivity contribution < 1.29 is 8.83 Å². The van der Waals surface area contributed by atoms with Crippen molar-refractivity contribution in [1.29, 1.82) is 0 Å². The van der Waals surface area contributed by atoms with E-state index in [0.717, 1.165) is 94.0 Å². The molecule has 0 unspecified atom stereocenters. The van der Waals surface area contributed by atoms with E-state index in [1.165, 1.54) is 22.1 Å². The summed E-state index contributed by atoms with van der Waals surface area (Å²) < 4.78 is 13.5. The van der Waals surface area contributed by atoms with Gasteiger partial charge in [-0.25, -0.2) is 0 Å². The van der Waals surface area contributed by atoms with Crippen molar-refractivity contribution in [2.75, 3.05) is 10.2 Å². The summed E-state index contributed by atoms with van der Waals surface area (Å²) in [4.78, 5) is 2.36. The zero-order chi connectivity index (χ0) is 39.8. The first-order valence-electron chi connectivity index (χ1n) is 20.6. The molecule has 2 heterocycles. The summed E-state index contributed by atoms with van der Waals surface area (Å²) in [5.41, 5.74) is 14.0. The number of rotatable bonds is 8. The Balaban J connectivity index is 1.07. The Morgan fingerprint density at radius 2 is 0.897 bits per heavy atom. The lowest BCUT2D eigenvalue weighted by Gasteiger charge is -2.26. The standard InChI is InChI=1S/C54H48N2O2/c1-31(2)35-8-16-42(17-9-35)55-43-18-10-38-28-49-51(29-40(38)25-43)57-53-34(7)24-48-47-27-39-15-23-46(26-41(39)30-50(47)58-54(48)52(49)53)56(44-19-11-36(12-20-44)32(3)4)45-21-13-37(14-22-45)33(5)6/h8-33,55H,1-7H3. The smallest absolute Gasteiger partial charge is 0.147 e. The molecule has 0 spiro atoms. The Kier molecular flexibility index (Phi) is 8.56. The maximum Gasteiger partial charge on any atom is 0.147 e. The molecule has 0 amide bonds. The van der Waals surface area contributed by atoms with Crippen LogP contribution in [0.15, 0.2) is 148 Å². The van der Waals surface area contributed by atoms with Gasteiger partial charge in [0.05, 0.1) is 5.39 Å². The Morgan fingerprint density at radius 1 is 0.414 bits per heavy atom. The fourth-order valence-corrected chi connectivity index (χ4v) is 8.60. The van der Waals surface area contributed by atoms with Crippen LogP contribution >= 0.6 is 0 Å². The maximum atomic E-state index is 6.87. The minimum Gasteiger partial charge on any atom is -0.456 e. The number of benzene rings is 8. The van der Waals surface area contributed by atoms with Gasteiger partial charge in [-0.05, 0) is 159 Å². The number of hydrogen-bond donors (Lipinski definition) is 1. The van der Waals surface area contributed by atoms with Crippen LogP contribution in [0.1, 0.15) is 81.5 Å². The fourth-order valence-electron chi connectivity index (χ4n) is 8.60. The second kappa shape index (κ2) is 13.8. The predicted molar refractivity (Wildman–Crippen MR) is 247 cm³/mol. The summed E-state index contributed by atoms with van der Waals surface area (Å²) in [5, 5.41) is 12.5. The third-order valence-electron chi connectivity index (χ3n) is 12.0. The van der Waals surface area contributed by atoms with Crippen LogP contribution in [0.3, 0.4) is 0 Å². The largest absolute Gasteiger partial charge is 0.456 e. The summed E-state index contributed by atoms with van der Waals surface area (Å²) in [6.07, 6.45) is 0. The van der Waals surface area contributed by atoms with Gasteiger partial charge in [-0.15, -0.1) is 0 Å². The third kappa shape index (κ3) is 6.15. The molecule has 4 nitrogen and oxygen atoms in total. The molecule has 2 aromatic heterocycles. The van der Waals surface area contributed by atoms with E-state index in [-0.39, 0.29) is 0 Å². The molecule has 0 aliphatic heterocycles.